The maximum absolute atomic E-state index is 11.3. The molecule has 1 N–H and O–H groups in total. The van der Waals surface area contributed by atoms with Gasteiger partial charge >= 0.3 is 0 Å². The van der Waals surface area contributed by atoms with Gasteiger partial charge in [0.05, 0.1) is 16.7 Å². The van der Waals surface area contributed by atoms with Gasteiger partial charge in [0.1, 0.15) is 12.4 Å². The van der Waals surface area contributed by atoms with Gasteiger partial charge in [0, 0.05) is 18.1 Å². The Labute approximate surface area is 175 Å². The second kappa shape index (κ2) is 7.67. The molecule has 5 heteroatoms. The second-order valence-corrected chi connectivity index (χ2v) is 7.82. The highest BCUT2D eigenvalue weighted by atomic mass is 16.6. The summed E-state index contributed by atoms with van der Waals surface area (Å²) in [6.07, 6.45) is 5.42. The molecule has 2 aliphatic rings. The smallest absolute Gasteiger partial charge is 0.269 e. The van der Waals surface area contributed by atoms with E-state index in [1.54, 1.807) is 18.2 Å². The Morgan fingerprint density at radius 2 is 1.87 bits per heavy atom. The fraction of sp³-hybridized carbons (Fsp3) is 0.200. The molecule has 1 aliphatic heterocycles. The third-order valence-corrected chi connectivity index (χ3v) is 6.04. The molecule has 5 rings (SSSR count). The number of hydrogen-bond acceptors (Lipinski definition) is 4. The number of non-ortho nitro benzene ring substituents is 1. The van der Waals surface area contributed by atoms with E-state index in [1.165, 1.54) is 5.56 Å². The maximum atomic E-state index is 11.3. The second-order valence-electron chi connectivity index (χ2n) is 7.82. The number of hydrogen-bond donors (Lipinski definition) is 1. The number of para-hydroxylation sites is 1. The first-order valence-corrected chi connectivity index (χ1v) is 10.2. The molecular formula is C25H22N2O3. The van der Waals surface area contributed by atoms with Crippen LogP contribution in [-0.4, -0.2) is 4.92 Å². The molecule has 0 amide bonds. The van der Waals surface area contributed by atoms with Crippen molar-refractivity contribution >= 4 is 11.4 Å². The number of nitro benzene ring substituents is 1. The molecule has 3 atom stereocenters. The molecule has 0 aromatic heterocycles. The van der Waals surface area contributed by atoms with Crippen LogP contribution in [0.3, 0.4) is 0 Å². The molecule has 5 nitrogen and oxygen atoms in total. The van der Waals surface area contributed by atoms with Crippen LogP contribution in [0.4, 0.5) is 11.4 Å². The van der Waals surface area contributed by atoms with Gasteiger partial charge in [-0.25, -0.2) is 0 Å². The Morgan fingerprint density at radius 1 is 1.03 bits per heavy atom. The first-order chi connectivity index (χ1) is 14.7. The van der Waals surface area contributed by atoms with E-state index in [-0.39, 0.29) is 22.6 Å². The number of anilines is 1. The average Bonchev–Trinajstić information content (AvgIpc) is 3.28. The number of allylic oxidation sites excluding steroid dienone is 2. The summed E-state index contributed by atoms with van der Waals surface area (Å²) < 4.78 is 6.19. The Balaban J connectivity index is 1.50. The highest BCUT2D eigenvalue weighted by molar-refractivity contribution is 5.68. The van der Waals surface area contributed by atoms with Gasteiger partial charge < -0.3 is 10.1 Å². The molecule has 150 valence electrons. The van der Waals surface area contributed by atoms with Crippen LogP contribution in [0.25, 0.3) is 0 Å². The van der Waals surface area contributed by atoms with Crippen LogP contribution in [0.1, 0.15) is 35.1 Å². The average molecular weight is 398 g/mol. The lowest BCUT2D eigenvalue weighted by Crippen LogP contribution is -2.29. The topological polar surface area (TPSA) is 64.4 Å². The third-order valence-electron chi connectivity index (χ3n) is 6.04. The molecule has 0 saturated carbocycles. The number of nitro groups is 1. The maximum Gasteiger partial charge on any atom is 0.269 e. The zero-order chi connectivity index (χ0) is 20.5. The molecule has 1 heterocycles. The monoisotopic (exact) mass is 398 g/mol. The van der Waals surface area contributed by atoms with Crippen LogP contribution in [0.15, 0.2) is 84.9 Å². The summed E-state index contributed by atoms with van der Waals surface area (Å²) in [7, 11) is 0. The highest BCUT2D eigenvalue weighted by Gasteiger charge is 2.39. The van der Waals surface area contributed by atoms with Crippen LogP contribution in [-0.2, 0) is 6.61 Å². The van der Waals surface area contributed by atoms with Crippen molar-refractivity contribution in [1.29, 1.82) is 0 Å². The van der Waals surface area contributed by atoms with Gasteiger partial charge in [0.15, 0.2) is 0 Å². The van der Waals surface area contributed by atoms with E-state index in [9.17, 15) is 10.1 Å². The van der Waals surface area contributed by atoms with E-state index in [4.69, 9.17) is 4.74 Å². The number of nitrogens with one attached hydrogen (secondary N) is 1. The van der Waals surface area contributed by atoms with Crippen LogP contribution in [0.2, 0.25) is 0 Å². The van der Waals surface area contributed by atoms with Crippen LogP contribution in [0, 0.1) is 16.0 Å². The van der Waals surface area contributed by atoms with Gasteiger partial charge in [-0.1, -0.05) is 66.7 Å². The zero-order valence-corrected chi connectivity index (χ0v) is 16.4. The number of nitrogens with zero attached hydrogens (tertiary/aromatic N) is 1. The third kappa shape index (κ3) is 3.32. The Morgan fingerprint density at radius 3 is 2.70 bits per heavy atom. The Kier molecular flexibility index (Phi) is 4.71. The van der Waals surface area contributed by atoms with Crippen molar-refractivity contribution in [3.63, 3.8) is 0 Å². The van der Waals surface area contributed by atoms with Gasteiger partial charge in [0.25, 0.3) is 5.69 Å². The lowest BCUT2D eigenvalue weighted by Gasteiger charge is -2.38. The van der Waals surface area contributed by atoms with Gasteiger partial charge in [-0.3, -0.25) is 10.1 Å². The lowest BCUT2D eigenvalue weighted by atomic mass is 9.77. The molecule has 0 saturated heterocycles. The minimum atomic E-state index is -0.334. The molecular weight excluding hydrogens is 376 g/mol. The predicted molar refractivity (Wildman–Crippen MR) is 117 cm³/mol. The fourth-order valence-electron chi connectivity index (χ4n) is 4.61. The normalized spacial score (nSPS) is 21.4. The summed E-state index contributed by atoms with van der Waals surface area (Å²) in [6.45, 7) is 0.490. The van der Waals surface area contributed by atoms with E-state index in [0.29, 0.717) is 12.5 Å². The van der Waals surface area contributed by atoms with Crippen molar-refractivity contribution < 1.29 is 9.66 Å². The van der Waals surface area contributed by atoms with Gasteiger partial charge in [-0.15, -0.1) is 0 Å². The minimum absolute atomic E-state index is 0.0149. The number of rotatable bonds is 5. The van der Waals surface area contributed by atoms with E-state index in [1.807, 2.05) is 48.5 Å². The highest BCUT2D eigenvalue weighted by Crippen LogP contribution is 2.52. The lowest BCUT2D eigenvalue weighted by molar-refractivity contribution is -0.384. The van der Waals surface area contributed by atoms with E-state index < -0.39 is 0 Å². The van der Waals surface area contributed by atoms with Crippen molar-refractivity contribution in [2.24, 2.45) is 5.92 Å². The summed E-state index contributed by atoms with van der Waals surface area (Å²) in [4.78, 5) is 11.0. The molecule has 1 aliphatic carbocycles. The van der Waals surface area contributed by atoms with Crippen LogP contribution in [0.5, 0.6) is 5.75 Å². The van der Waals surface area contributed by atoms with Crippen molar-refractivity contribution in [3.8, 4) is 5.75 Å². The van der Waals surface area contributed by atoms with Crippen molar-refractivity contribution in [2.75, 3.05) is 5.32 Å². The molecule has 3 unspecified atom stereocenters. The van der Waals surface area contributed by atoms with E-state index in [2.05, 4.69) is 23.5 Å². The number of ether oxygens (including phenoxy) is 1. The van der Waals surface area contributed by atoms with Crippen molar-refractivity contribution in [1.82, 2.24) is 0 Å². The first-order valence-electron chi connectivity index (χ1n) is 10.2. The quantitative estimate of drug-likeness (QED) is 0.325. The number of benzene rings is 3. The summed E-state index contributed by atoms with van der Waals surface area (Å²) in [5.74, 6) is 1.40. The number of fused-ring (bicyclic) bond motifs is 3. The van der Waals surface area contributed by atoms with Crippen LogP contribution >= 0.6 is 0 Å². The summed E-state index contributed by atoms with van der Waals surface area (Å²) in [6, 6.07) is 23.2. The minimum Gasteiger partial charge on any atom is -0.487 e. The van der Waals surface area contributed by atoms with Gasteiger partial charge in [-0.2, -0.15) is 0 Å². The van der Waals surface area contributed by atoms with E-state index in [0.717, 1.165) is 29.0 Å². The molecule has 0 fully saturated rings. The van der Waals surface area contributed by atoms with Crippen molar-refractivity contribution in [2.45, 2.75) is 25.0 Å². The predicted octanol–water partition coefficient (Wildman–Crippen LogP) is 6.00. The molecule has 0 radical (unpaired) electrons. The zero-order valence-electron chi connectivity index (χ0n) is 16.4. The molecule has 3 aromatic rings. The van der Waals surface area contributed by atoms with E-state index >= 15 is 0 Å². The molecule has 30 heavy (non-hydrogen) atoms. The van der Waals surface area contributed by atoms with Crippen LogP contribution < -0.4 is 10.1 Å². The summed E-state index contributed by atoms with van der Waals surface area (Å²) >= 11 is 0. The molecule has 0 bridgehead atoms. The molecule has 3 aromatic carbocycles. The summed E-state index contributed by atoms with van der Waals surface area (Å²) in [5.41, 5.74) is 4.38. The fourth-order valence-corrected chi connectivity index (χ4v) is 4.61. The largest absolute Gasteiger partial charge is 0.487 e. The Bertz CT molecular complexity index is 1110. The standard InChI is InChI=1S/C25H22N2O3/c28-27(29)19-10-4-9-18(15-19)24-21-12-5-11-20(21)22-13-6-14-23(25(22)26-24)30-16-17-7-2-1-3-8-17/h1-11,13-15,20-21,24,26H,12,16H2. The van der Waals surface area contributed by atoms with Gasteiger partial charge in [-0.05, 0) is 35.1 Å². The van der Waals surface area contributed by atoms with Crippen molar-refractivity contribution in [3.05, 3.63) is 112 Å². The first kappa shape index (κ1) is 18.4. The Hall–Kier alpha value is -3.60. The SMILES string of the molecule is O=[N+]([O-])c1cccc(C2Nc3c(OCc4ccccc4)cccc3C3C=CCC32)c1. The molecule has 0 spiro atoms. The van der Waals surface area contributed by atoms with Gasteiger partial charge in [0.2, 0.25) is 0 Å². The summed E-state index contributed by atoms with van der Waals surface area (Å²) in [5, 5.41) is 15.0.